The second kappa shape index (κ2) is 12.2. The molecule has 11 heteroatoms. The molecule has 4 heterocycles. The number of thioether (sulfide) groups is 1. The number of ether oxygens (including phenoxy) is 2. The number of nitrogens with one attached hydrogen (secondary N) is 1. The minimum absolute atomic E-state index is 0.0484. The van der Waals surface area contributed by atoms with Gasteiger partial charge in [-0.15, -0.1) is 11.8 Å². The standard InChI is InChI=1S/C28H34N4O6S/c1-19-7-4-6-12-30(19)25(34)17-32-21-11-14-39-26(21)27(35)31(28(32)36)13-5-2-3-8-24(33)29-16-20-9-10-22-23(15-20)38-18-37-22/h9-11,14-15,19,26H,2-8,12-13,16-18H2,1H3/p+1. The summed E-state index contributed by atoms with van der Waals surface area (Å²) in [5.74, 6) is 1.03. The molecule has 4 aliphatic heterocycles. The summed E-state index contributed by atoms with van der Waals surface area (Å²) >= 11 is 1.37. The maximum atomic E-state index is 13.4. The molecular formula is C28H35N4O6S+. The van der Waals surface area contributed by atoms with Crippen LogP contribution in [0.2, 0.25) is 0 Å². The highest BCUT2D eigenvalue weighted by molar-refractivity contribution is 8.04. The Morgan fingerprint density at radius 1 is 1.13 bits per heavy atom. The van der Waals surface area contributed by atoms with Crippen LogP contribution in [0.4, 0.5) is 4.79 Å². The van der Waals surface area contributed by atoms with Crippen molar-refractivity contribution in [3.63, 3.8) is 0 Å². The number of hydrogen-bond acceptors (Lipinski definition) is 7. The molecule has 0 aromatic heterocycles. The predicted molar refractivity (Wildman–Crippen MR) is 146 cm³/mol. The smallest absolute Gasteiger partial charge is 0.454 e. The third-order valence-corrected chi connectivity index (χ3v) is 8.62. The number of rotatable bonds is 10. The van der Waals surface area contributed by atoms with Crippen molar-refractivity contribution in [1.82, 2.24) is 15.1 Å². The Kier molecular flexibility index (Phi) is 8.54. The lowest BCUT2D eigenvalue weighted by Gasteiger charge is -2.33. The first-order valence-corrected chi connectivity index (χ1v) is 14.6. The third kappa shape index (κ3) is 6.13. The van der Waals surface area contributed by atoms with Crippen LogP contribution in [0, 0.1) is 0 Å². The van der Waals surface area contributed by atoms with Gasteiger partial charge in [-0.1, -0.05) is 6.07 Å². The number of nitrogens with zero attached hydrogens (tertiary/aromatic N) is 3. The topological polar surface area (TPSA) is 108 Å². The van der Waals surface area contributed by atoms with E-state index in [0.29, 0.717) is 56.0 Å². The van der Waals surface area contributed by atoms with E-state index in [1.807, 2.05) is 35.4 Å². The van der Waals surface area contributed by atoms with Gasteiger partial charge in [0, 0.05) is 25.6 Å². The molecule has 2 unspecified atom stereocenters. The molecule has 208 valence electrons. The van der Waals surface area contributed by atoms with E-state index >= 15 is 0 Å². The Bertz CT molecular complexity index is 1210. The molecule has 1 aromatic rings. The fraction of sp³-hybridized carbons (Fsp3) is 0.536. The Morgan fingerprint density at radius 3 is 2.82 bits per heavy atom. The van der Waals surface area contributed by atoms with Crippen LogP contribution in [0.15, 0.2) is 29.7 Å². The minimum atomic E-state index is -0.490. The molecule has 1 fully saturated rings. The number of urea groups is 1. The van der Waals surface area contributed by atoms with Gasteiger partial charge in [0.05, 0.1) is 6.54 Å². The zero-order valence-electron chi connectivity index (χ0n) is 22.2. The molecule has 0 saturated carbocycles. The van der Waals surface area contributed by atoms with Gasteiger partial charge in [0.1, 0.15) is 5.71 Å². The maximum absolute atomic E-state index is 13.4. The first-order chi connectivity index (χ1) is 18.9. The summed E-state index contributed by atoms with van der Waals surface area (Å²) in [5, 5.41) is 4.24. The van der Waals surface area contributed by atoms with Crippen LogP contribution in [0.25, 0.3) is 0 Å². The second-order valence-corrected chi connectivity index (χ2v) is 11.3. The van der Waals surface area contributed by atoms with E-state index < -0.39 is 11.3 Å². The monoisotopic (exact) mass is 555 g/mol. The van der Waals surface area contributed by atoms with Crippen LogP contribution in [0.1, 0.15) is 57.4 Å². The molecule has 0 aliphatic carbocycles. The van der Waals surface area contributed by atoms with Crippen molar-refractivity contribution >= 4 is 41.2 Å². The number of likely N-dealkylation sites (tertiary alicyclic amines) is 1. The number of carbonyl (C=O) groups is 4. The van der Waals surface area contributed by atoms with Gasteiger partial charge in [-0.3, -0.25) is 9.59 Å². The third-order valence-electron chi connectivity index (χ3n) is 7.61. The summed E-state index contributed by atoms with van der Waals surface area (Å²) in [6.07, 6.45) is 7.13. The first-order valence-electron chi connectivity index (χ1n) is 13.7. The van der Waals surface area contributed by atoms with E-state index in [0.717, 1.165) is 24.8 Å². The van der Waals surface area contributed by atoms with Crippen molar-refractivity contribution in [2.24, 2.45) is 0 Å². The highest BCUT2D eigenvalue weighted by atomic mass is 32.2. The molecule has 5 rings (SSSR count). The zero-order valence-corrected chi connectivity index (χ0v) is 23.0. The number of fused-ring (bicyclic) bond motifs is 2. The SMILES string of the molecule is CC1CCCCN1C(=O)C[N+]1=C2C=CSC2C(=O)N(CCCCCC(=O)NCc2ccc3c(c2)OCO3)C1=O. The number of benzene rings is 1. The van der Waals surface area contributed by atoms with Gasteiger partial charge in [-0.05, 0) is 74.6 Å². The molecule has 1 saturated heterocycles. The van der Waals surface area contributed by atoms with E-state index in [-0.39, 0.29) is 43.6 Å². The van der Waals surface area contributed by atoms with Crippen molar-refractivity contribution in [3.8, 4) is 11.5 Å². The Morgan fingerprint density at radius 2 is 1.97 bits per heavy atom. The number of hydrogen-bond donors (Lipinski definition) is 1. The molecule has 1 N–H and O–H groups in total. The molecule has 10 nitrogen and oxygen atoms in total. The number of unbranched alkanes of at least 4 members (excludes halogenated alkanes) is 2. The Labute approximate surface area is 232 Å². The van der Waals surface area contributed by atoms with Crippen LogP contribution < -0.4 is 14.8 Å². The molecule has 4 aliphatic rings. The van der Waals surface area contributed by atoms with Crippen LogP contribution in [-0.2, 0) is 20.9 Å². The summed E-state index contributed by atoms with van der Waals surface area (Å²) in [7, 11) is 0. The van der Waals surface area contributed by atoms with Gasteiger partial charge in [0.15, 0.2) is 23.3 Å². The van der Waals surface area contributed by atoms with Crippen molar-refractivity contribution in [2.45, 2.75) is 69.7 Å². The average Bonchev–Trinajstić information content (AvgIpc) is 3.61. The highest BCUT2D eigenvalue weighted by Crippen LogP contribution is 2.32. The number of piperidine rings is 1. The summed E-state index contributed by atoms with van der Waals surface area (Å²) in [5.41, 5.74) is 1.53. The predicted octanol–water partition coefficient (Wildman–Crippen LogP) is 3.04. The number of allylic oxidation sites excluding steroid dienone is 1. The molecule has 0 radical (unpaired) electrons. The van der Waals surface area contributed by atoms with Crippen LogP contribution in [0.5, 0.6) is 11.5 Å². The van der Waals surface area contributed by atoms with Crippen LogP contribution in [0.3, 0.4) is 0 Å². The zero-order chi connectivity index (χ0) is 27.4. The molecule has 0 spiro atoms. The molecule has 1 aromatic carbocycles. The van der Waals surface area contributed by atoms with Crippen LogP contribution in [-0.4, -0.2) is 81.6 Å². The van der Waals surface area contributed by atoms with E-state index in [2.05, 4.69) is 5.32 Å². The van der Waals surface area contributed by atoms with Gasteiger partial charge < -0.3 is 19.7 Å². The number of imide groups is 1. The van der Waals surface area contributed by atoms with Gasteiger partial charge >= 0.3 is 11.9 Å². The molecular weight excluding hydrogens is 520 g/mol. The van der Waals surface area contributed by atoms with Gasteiger partial charge in [-0.25, -0.2) is 4.79 Å². The van der Waals surface area contributed by atoms with Crippen molar-refractivity contribution in [2.75, 3.05) is 26.4 Å². The quantitative estimate of drug-likeness (QED) is 0.349. The number of amides is 5. The first kappa shape index (κ1) is 27.2. The van der Waals surface area contributed by atoms with E-state index in [9.17, 15) is 19.2 Å². The Hall–Kier alpha value is -3.34. The van der Waals surface area contributed by atoms with Gasteiger partial charge in [0.25, 0.3) is 5.91 Å². The summed E-state index contributed by atoms with van der Waals surface area (Å²) in [4.78, 5) is 55.0. The lowest BCUT2D eigenvalue weighted by molar-refractivity contribution is -0.428. The fourth-order valence-electron chi connectivity index (χ4n) is 5.38. The molecule has 0 bridgehead atoms. The highest BCUT2D eigenvalue weighted by Gasteiger charge is 2.49. The van der Waals surface area contributed by atoms with Gasteiger partial charge in [0.2, 0.25) is 12.7 Å². The average molecular weight is 556 g/mol. The summed E-state index contributed by atoms with van der Waals surface area (Å²) < 4.78 is 12.2. The lowest BCUT2D eigenvalue weighted by Crippen LogP contribution is -2.57. The number of carbonyl (C=O) groups excluding carboxylic acids is 4. The van der Waals surface area contributed by atoms with Gasteiger partial charge in [-0.2, -0.15) is 14.3 Å². The molecule has 2 atom stereocenters. The lowest BCUT2D eigenvalue weighted by atomic mass is 10.0. The summed E-state index contributed by atoms with van der Waals surface area (Å²) in [6, 6.07) is 5.32. The summed E-state index contributed by atoms with van der Waals surface area (Å²) in [6.45, 7) is 3.59. The van der Waals surface area contributed by atoms with Crippen molar-refractivity contribution < 1.29 is 33.2 Å². The van der Waals surface area contributed by atoms with E-state index in [1.54, 1.807) is 6.08 Å². The molecule has 39 heavy (non-hydrogen) atoms. The van der Waals surface area contributed by atoms with Crippen LogP contribution >= 0.6 is 11.8 Å². The van der Waals surface area contributed by atoms with E-state index in [4.69, 9.17) is 9.47 Å². The maximum Gasteiger partial charge on any atom is 0.501 e. The molecule has 5 amide bonds. The van der Waals surface area contributed by atoms with Crippen molar-refractivity contribution in [3.05, 3.63) is 35.2 Å². The largest absolute Gasteiger partial charge is 0.501 e. The normalized spacial score (nSPS) is 22.0. The second-order valence-electron chi connectivity index (χ2n) is 10.3. The minimum Gasteiger partial charge on any atom is -0.454 e. The fourth-order valence-corrected chi connectivity index (χ4v) is 6.35. The Balaban J connectivity index is 1.08. The van der Waals surface area contributed by atoms with Crippen molar-refractivity contribution in [1.29, 1.82) is 0 Å². The van der Waals surface area contributed by atoms with E-state index in [1.165, 1.54) is 21.2 Å².